The fraction of sp³-hybridized carbons (Fsp3) is 0.0870. The van der Waals surface area contributed by atoms with Crippen LogP contribution in [0.3, 0.4) is 0 Å². The molecule has 8 nitrogen and oxygen atoms in total. The predicted molar refractivity (Wildman–Crippen MR) is 113 cm³/mol. The lowest BCUT2D eigenvalue weighted by Gasteiger charge is -2.24. The van der Waals surface area contributed by atoms with Gasteiger partial charge < -0.3 is 5.11 Å². The van der Waals surface area contributed by atoms with Gasteiger partial charge in [0.1, 0.15) is 17.6 Å². The molecule has 0 radical (unpaired) electrons. The molecule has 1 fully saturated rings. The molecule has 31 heavy (non-hydrogen) atoms. The highest BCUT2D eigenvalue weighted by molar-refractivity contribution is 6.51. The summed E-state index contributed by atoms with van der Waals surface area (Å²) in [6, 6.07) is 16.2. The van der Waals surface area contributed by atoms with Crippen LogP contribution >= 0.6 is 0 Å². The van der Waals surface area contributed by atoms with Crippen LogP contribution in [0.15, 0.2) is 78.5 Å². The lowest BCUT2D eigenvalue weighted by Crippen LogP contribution is -2.30. The third kappa shape index (κ3) is 3.44. The summed E-state index contributed by atoms with van der Waals surface area (Å²) in [6.45, 7) is 1.87. The number of para-hydroxylation sites is 1. The van der Waals surface area contributed by atoms with E-state index in [0.717, 1.165) is 10.5 Å². The van der Waals surface area contributed by atoms with Crippen molar-refractivity contribution in [3.63, 3.8) is 0 Å². The maximum atomic E-state index is 13.0. The summed E-state index contributed by atoms with van der Waals surface area (Å²) in [5.74, 6) is -2.11. The van der Waals surface area contributed by atoms with Gasteiger partial charge in [0.05, 0.1) is 16.1 Å². The standard InChI is InChI=1S/C23H17N3O5/c1-14-9-11-15(12-10-14)21(27)19-20(16-6-2-3-7-17(16)26(30)31)25(23(29)22(19)28)18-8-4-5-13-24-18/h2-13,20,27H,1H3/t20-/m1/s1. The van der Waals surface area contributed by atoms with Gasteiger partial charge in [-0.3, -0.25) is 24.6 Å². The Hall–Kier alpha value is -4.33. The van der Waals surface area contributed by atoms with Gasteiger partial charge in [-0.1, -0.05) is 48.0 Å². The van der Waals surface area contributed by atoms with Crippen LogP contribution in [0.4, 0.5) is 11.5 Å². The van der Waals surface area contributed by atoms with Crippen molar-refractivity contribution in [2.45, 2.75) is 13.0 Å². The number of hydrogen-bond acceptors (Lipinski definition) is 6. The lowest BCUT2D eigenvalue weighted by molar-refractivity contribution is -0.385. The minimum atomic E-state index is -1.21. The summed E-state index contributed by atoms with van der Waals surface area (Å²) in [4.78, 5) is 42.4. The van der Waals surface area contributed by atoms with Crippen molar-refractivity contribution in [1.29, 1.82) is 0 Å². The van der Waals surface area contributed by atoms with Gasteiger partial charge in [0.25, 0.3) is 11.5 Å². The first kappa shape index (κ1) is 20.0. The molecule has 2 heterocycles. The van der Waals surface area contributed by atoms with Crippen molar-refractivity contribution in [2.24, 2.45) is 0 Å². The number of Topliss-reactive ketones (excluding diaryl/α,β-unsaturated/α-hetero) is 1. The Labute approximate surface area is 177 Å². The highest BCUT2D eigenvalue weighted by Crippen LogP contribution is 2.44. The monoisotopic (exact) mass is 415 g/mol. The van der Waals surface area contributed by atoms with Gasteiger partial charge in [0, 0.05) is 17.8 Å². The molecule has 1 saturated heterocycles. The first-order chi connectivity index (χ1) is 14.9. The Kier molecular flexibility index (Phi) is 5.04. The Morgan fingerprint density at radius 2 is 1.71 bits per heavy atom. The zero-order valence-electron chi connectivity index (χ0n) is 16.4. The van der Waals surface area contributed by atoms with Crippen LogP contribution in [-0.2, 0) is 9.59 Å². The zero-order valence-corrected chi connectivity index (χ0v) is 16.4. The summed E-state index contributed by atoms with van der Waals surface area (Å²) in [7, 11) is 0. The second-order valence-corrected chi connectivity index (χ2v) is 7.04. The van der Waals surface area contributed by atoms with E-state index in [1.165, 1.54) is 30.5 Å². The maximum Gasteiger partial charge on any atom is 0.301 e. The van der Waals surface area contributed by atoms with Crippen LogP contribution in [0.1, 0.15) is 22.7 Å². The third-order valence-electron chi connectivity index (χ3n) is 5.09. The predicted octanol–water partition coefficient (Wildman–Crippen LogP) is 3.92. The summed E-state index contributed by atoms with van der Waals surface area (Å²) in [6.07, 6.45) is 1.45. The molecule has 1 aliphatic heterocycles. The Morgan fingerprint density at radius 3 is 2.35 bits per heavy atom. The number of nitro groups is 1. The highest BCUT2D eigenvalue weighted by atomic mass is 16.6. The fourth-order valence-electron chi connectivity index (χ4n) is 3.61. The van der Waals surface area contributed by atoms with Gasteiger partial charge in [-0.25, -0.2) is 4.98 Å². The first-order valence-electron chi connectivity index (χ1n) is 9.42. The average Bonchev–Trinajstić information content (AvgIpc) is 3.05. The SMILES string of the molecule is Cc1ccc(C(O)=C2C(=O)C(=O)N(c3ccccn3)[C@@H]2c2ccccc2[N+](=O)[O-])cc1. The van der Waals surface area contributed by atoms with Crippen LogP contribution in [0.5, 0.6) is 0 Å². The largest absolute Gasteiger partial charge is 0.507 e. The second kappa shape index (κ2) is 7.83. The number of carbonyl (C=O) groups is 2. The quantitative estimate of drug-likeness (QED) is 0.227. The molecule has 2 aromatic carbocycles. The van der Waals surface area contributed by atoms with E-state index < -0.39 is 28.4 Å². The first-order valence-corrected chi connectivity index (χ1v) is 9.42. The number of nitrogens with zero attached hydrogens (tertiary/aromatic N) is 3. The molecule has 0 bridgehead atoms. The van der Waals surface area contributed by atoms with Gasteiger partial charge in [0.15, 0.2) is 0 Å². The maximum absolute atomic E-state index is 13.0. The Morgan fingerprint density at radius 1 is 1.03 bits per heavy atom. The highest BCUT2D eigenvalue weighted by Gasteiger charge is 2.49. The van der Waals surface area contributed by atoms with Crippen molar-refractivity contribution < 1.29 is 19.6 Å². The summed E-state index contributed by atoms with van der Waals surface area (Å²) >= 11 is 0. The van der Waals surface area contributed by atoms with Gasteiger partial charge in [-0.15, -0.1) is 0 Å². The molecule has 1 atom stereocenters. The molecule has 1 aromatic heterocycles. The van der Waals surface area contributed by atoms with E-state index in [1.807, 2.05) is 6.92 Å². The average molecular weight is 415 g/mol. The minimum absolute atomic E-state index is 0.103. The van der Waals surface area contributed by atoms with E-state index in [-0.39, 0.29) is 22.6 Å². The molecular formula is C23H17N3O5. The van der Waals surface area contributed by atoms with E-state index in [1.54, 1.807) is 42.5 Å². The molecule has 8 heteroatoms. The van der Waals surface area contributed by atoms with Crippen molar-refractivity contribution >= 4 is 29.0 Å². The van der Waals surface area contributed by atoms with E-state index in [2.05, 4.69) is 4.98 Å². The number of benzene rings is 2. The molecular weight excluding hydrogens is 398 g/mol. The van der Waals surface area contributed by atoms with E-state index >= 15 is 0 Å². The molecule has 0 spiro atoms. The Bertz CT molecular complexity index is 1220. The van der Waals surface area contributed by atoms with Gasteiger partial charge in [-0.2, -0.15) is 0 Å². The van der Waals surface area contributed by atoms with Crippen molar-refractivity contribution in [3.8, 4) is 0 Å². The number of pyridine rings is 1. The van der Waals surface area contributed by atoms with Crippen molar-refractivity contribution in [3.05, 3.63) is 105 Å². The number of aryl methyl sites for hydroxylation is 1. The molecule has 1 aliphatic rings. The topological polar surface area (TPSA) is 114 Å². The van der Waals surface area contributed by atoms with Crippen LogP contribution < -0.4 is 4.90 Å². The summed E-state index contributed by atoms with van der Waals surface area (Å²) in [5.41, 5.74) is 0.874. The normalized spacial score (nSPS) is 17.7. The number of nitro benzene ring substituents is 1. The smallest absolute Gasteiger partial charge is 0.301 e. The molecule has 3 aromatic rings. The van der Waals surface area contributed by atoms with Crippen molar-refractivity contribution in [2.75, 3.05) is 4.90 Å². The number of aliphatic hydroxyl groups excluding tert-OH is 1. The minimum Gasteiger partial charge on any atom is -0.507 e. The second-order valence-electron chi connectivity index (χ2n) is 7.04. The van der Waals surface area contributed by atoms with E-state index in [9.17, 15) is 24.8 Å². The van der Waals surface area contributed by atoms with Crippen LogP contribution in [0.2, 0.25) is 0 Å². The number of rotatable bonds is 4. The Balaban J connectivity index is 2.01. The number of hydrogen-bond donors (Lipinski definition) is 1. The van der Waals surface area contributed by atoms with E-state index in [4.69, 9.17) is 0 Å². The number of amides is 1. The number of carbonyl (C=O) groups excluding carboxylic acids is 2. The number of aliphatic hydroxyl groups is 1. The fourth-order valence-corrected chi connectivity index (χ4v) is 3.61. The molecule has 1 N–H and O–H groups in total. The molecule has 0 aliphatic carbocycles. The van der Waals surface area contributed by atoms with Crippen LogP contribution in [-0.4, -0.2) is 26.7 Å². The molecule has 0 unspecified atom stereocenters. The molecule has 154 valence electrons. The molecule has 0 saturated carbocycles. The zero-order chi connectivity index (χ0) is 22.1. The van der Waals surface area contributed by atoms with E-state index in [0.29, 0.717) is 5.56 Å². The van der Waals surface area contributed by atoms with Gasteiger partial charge in [0.2, 0.25) is 0 Å². The van der Waals surface area contributed by atoms with Crippen LogP contribution in [0.25, 0.3) is 5.76 Å². The van der Waals surface area contributed by atoms with Gasteiger partial charge >= 0.3 is 5.91 Å². The summed E-state index contributed by atoms with van der Waals surface area (Å²) in [5, 5.41) is 22.7. The number of aromatic nitrogens is 1. The third-order valence-corrected chi connectivity index (χ3v) is 5.09. The van der Waals surface area contributed by atoms with Gasteiger partial charge in [-0.05, 0) is 25.1 Å². The molecule has 4 rings (SSSR count). The summed E-state index contributed by atoms with van der Waals surface area (Å²) < 4.78 is 0. The van der Waals surface area contributed by atoms with Crippen molar-refractivity contribution in [1.82, 2.24) is 4.98 Å². The molecule has 1 amide bonds. The number of ketones is 1. The lowest BCUT2D eigenvalue weighted by atomic mass is 9.94. The number of anilines is 1. The van der Waals surface area contributed by atoms with Crippen LogP contribution in [0, 0.1) is 17.0 Å².